The molecule has 0 saturated carbocycles. The predicted octanol–water partition coefficient (Wildman–Crippen LogP) is -0.423. The summed E-state index contributed by atoms with van der Waals surface area (Å²) in [7, 11) is 0. The molecule has 6 rings (SSSR count). The summed E-state index contributed by atoms with van der Waals surface area (Å²) >= 11 is 0. The number of ether oxygens (including phenoxy) is 1. The smallest absolute Gasteiger partial charge is 0.280 e. The van der Waals surface area contributed by atoms with Crippen molar-refractivity contribution in [1.82, 2.24) is 24.4 Å². The van der Waals surface area contributed by atoms with E-state index in [0.717, 1.165) is 4.90 Å². The molecule has 0 bridgehead atoms. The van der Waals surface area contributed by atoms with Crippen molar-refractivity contribution < 1.29 is 34.4 Å². The number of H-pyrrole nitrogens is 1. The summed E-state index contributed by atoms with van der Waals surface area (Å²) in [6.45, 7) is -0.558. The van der Waals surface area contributed by atoms with E-state index in [9.17, 15) is 34.5 Å². The molecule has 0 aliphatic carbocycles. The first kappa shape index (κ1) is 26.5. The second kappa shape index (κ2) is 10.3. The van der Waals surface area contributed by atoms with Gasteiger partial charge in [0, 0.05) is 6.42 Å². The molecule has 2 aromatic heterocycles. The third-order valence-electron chi connectivity index (χ3n) is 7.18. The van der Waals surface area contributed by atoms with Gasteiger partial charge < -0.3 is 20.1 Å². The van der Waals surface area contributed by atoms with Crippen molar-refractivity contribution in [1.29, 1.82) is 0 Å². The van der Waals surface area contributed by atoms with Crippen LogP contribution in [-0.2, 0) is 16.0 Å². The second-order valence-corrected chi connectivity index (χ2v) is 9.69. The molecule has 5 N–H and O–H groups in total. The number of aliphatic hydroxyl groups is 3. The molecule has 3 amide bonds. The van der Waals surface area contributed by atoms with Crippen molar-refractivity contribution in [2.24, 2.45) is 0 Å². The number of imide groups is 1. The van der Waals surface area contributed by atoms with Gasteiger partial charge in [-0.3, -0.25) is 38.9 Å². The van der Waals surface area contributed by atoms with Gasteiger partial charge in [0.2, 0.25) is 11.9 Å². The SMILES string of the molecule is O=C(Nc1nc2c(ncn2[C@H]2O[C@@H](CO)[C@@H](O)[C@H]2O)c(=O)[nH]1)[C@@H](Cc1ccccc1)N1C(=O)c2ccccc2C1=O. The van der Waals surface area contributed by atoms with Crippen LogP contribution in [0.2, 0.25) is 0 Å². The molecular weight excluding hydrogens is 536 g/mol. The largest absolute Gasteiger partial charge is 0.394 e. The van der Waals surface area contributed by atoms with Gasteiger partial charge in [0.25, 0.3) is 17.4 Å². The van der Waals surface area contributed by atoms with Crippen LogP contribution in [-0.4, -0.2) is 88.4 Å². The maximum atomic E-state index is 13.7. The zero-order valence-electron chi connectivity index (χ0n) is 21.2. The van der Waals surface area contributed by atoms with E-state index in [1.165, 1.54) is 23.0 Å². The zero-order valence-corrected chi connectivity index (χ0v) is 21.2. The summed E-state index contributed by atoms with van der Waals surface area (Å²) in [4.78, 5) is 64.6. The minimum absolute atomic E-state index is 0.00884. The number of nitrogens with zero attached hydrogens (tertiary/aromatic N) is 4. The van der Waals surface area contributed by atoms with Crippen LogP contribution < -0.4 is 10.9 Å². The number of nitrogens with one attached hydrogen (secondary N) is 2. The van der Waals surface area contributed by atoms with Gasteiger partial charge in [-0.15, -0.1) is 0 Å². The lowest BCUT2D eigenvalue weighted by Gasteiger charge is -2.25. The minimum Gasteiger partial charge on any atom is -0.394 e. The van der Waals surface area contributed by atoms with Gasteiger partial charge >= 0.3 is 0 Å². The van der Waals surface area contributed by atoms with Crippen molar-refractivity contribution in [2.75, 3.05) is 11.9 Å². The average Bonchev–Trinajstić information content (AvgIpc) is 3.60. The standard InChI is InChI=1S/C27H24N6O8/c34-11-17-19(35)20(36)26(41-17)32-12-28-18-21(32)29-27(31-23(18)38)30-22(37)16(10-13-6-2-1-3-7-13)33-24(39)14-8-4-5-9-15(14)25(33)40/h1-9,12,16-17,19-20,26,34-36H,10-11H2,(H2,29,30,31,37,38)/t16-,17+,19-,20-,26+/m1/s1. The molecular formula is C27H24N6O8. The highest BCUT2D eigenvalue weighted by Gasteiger charge is 2.45. The lowest BCUT2D eigenvalue weighted by Crippen LogP contribution is -2.48. The highest BCUT2D eigenvalue weighted by atomic mass is 16.6. The average molecular weight is 561 g/mol. The Labute approximate surface area is 230 Å². The number of anilines is 1. The number of fused-ring (bicyclic) bond motifs is 2. The van der Waals surface area contributed by atoms with E-state index >= 15 is 0 Å². The van der Waals surface area contributed by atoms with Crippen molar-refractivity contribution in [3.63, 3.8) is 0 Å². The Morgan fingerprint density at radius 1 is 1.00 bits per heavy atom. The monoisotopic (exact) mass is 560 g/mol. The topological polar surface area (TPSA) is 200 Å². The Hall–Kier alpha value is -4.76. The Balaban J connectivity index is 1.34. The van der Waals surface area contributed by atoms with E-state index in [4.69, 9.17) is 4.74 Å². The molecule has 1 fully saturated rings. The van der Waals surface area contributed by atoms with Crippen LogP contribution in [0.5, 0.6) is 0 Å². The molecule has 14 nitrogen and oxygen atoms in total. The first-order valence-corrected chi connectivity index (χ1v) is 12.7. The number of rotatable bonds is 7. The maximum Gasteiger partial charge on any atom is 0.280 e. The summed E-state index contributed by atoms with van der Waals surface area (Å²) in [5, 5.41) is 32.5. The van der Waals surface area contributed by atoms with Gasteiger partial charge in [0.15, 0.2) is 17.4 Å². The van der Waals surface area contributed by atoms with E-state index < -0.39 is 60.5 Å². The molecule has 210 valence electrons. The number of aliphatic hydroxyl groups excluding tert-OH is 3. The molecule has 4 aromatic rings. The number of carbonyl (C=O) groups is 3. The van der Waals surface area contributed by atoms with Crippen LogP contribution in [0.4, 0.5) is 5.95 Å². The third-order valence-corrected chi connectivity index (χ3v) is 7.18. The molecule has 0 spiro atoms. The fourth-order valence-electron chi connectivity index (χ4n) is 5.11. The molecule has 41 heavy (non-hydrogen) atoms. The number of hydrogen-bond acceptors (Lipinski definition) is 10. The van der Waals surface area contributed by atoms with Crippen LogP contribution >= 0.6 is 0 Å². The number of benzene rings is 2. The highest BCUT2D eigenvalue weighted by Crippen LogP contribution is 2.31. The fourth-order valence-corrected chi connectivity index (χ4v) is 5.11. The Morgan fingerprint density at radius 3 is 2.29 bits per heavy atom. The first-order valence-electron chi connectivity index (χ1n) is 12.7. The Kier molecular flexibility index (Phi) is 6.67. The molecule has 0 unspecified atom stereocenters. The van der Waals surface area contributed by atoms with Crippen LogP contribution in [0.25, 0.3) is 11.2 Å². The number of imidazole rings is 1. The van der Waals surface area contributed by atoms with Gasteiger partial charge in [-0.05, 0) is 17.7 Å². The fraction of sp³-hybridized carbons (Fsp3) is 0.259. The zero-order chi connectivity index (χ0) is 28.8. The highest BCUT2D eigenvalue weighted by molar-refractivity contribution is 6.23. The molecule has 2 aromatic carbocycles. The molecule has 2 aliphatic rings. The molecule has 1 saturated heterocycles. The van der Waals surface area contributed by atoms with E-state index in [1.54, 1.807) is 42.5 Å². The van der Waals surface area contributed by atoms with Gasteiger partial charge in [0.05, 0.1) is 24.1 Å². The van der Waals surface area contributed by atoms with Crippen molar-refractivity contribution in [2.45, 2.75) is 37.0 Å². The molecule has 14 heteroatoms. The normalized spacial score (nSPS) is 22.8. The predicted molar refractivity (Wildman–Crippen MR) is 141 cm³/mol. The summed E-state index contributed by atoms with van der Waals surface area (Å²) in [5.74, 6) is -2.34. The number of carbonyl (C=O) groups excluding carboxylic acids is 3. The van der Waals surface area contributed by atoms with Crippen LogP contribution in [0.15, 0.2) is 65.7 Å². The Bertz CT molecular complexity index is 1680. The van der Waals surface area contributed by atoms with Crippen molar-refractivity contribution in [3.8, 4) is 0 Å². The quantitative estimate of drug-likeness (QED) is 0.185. The van der Waals surface area contributed by atoms with Crippen molar-refractivity contribution >= 4 is 34.8 Å². The van der Waals surface area contributed by atoms with Gasteiger partial charge in [-0.25, -0.2) is 4.98 Å². The minimum atomic E-state index is -1.47. The lowest BCUT2D eigenvalue weighted by atomic mass is 10.0. The van der Waals surface area contributed by atoms with E-state index in [2.05, 4.69) is 20.3 Å². The van der Waals surface area contributed by atoms with Gasteiger partial charge in [-0.2, -0.15) is 4.98 Å². The van der Waals surface area contributed by atoms with E-state index in [-0.39, 0.29) is 34.7 Å². The summed E-state index contributed by atoms with van der Waals surface area (Å²) in [6.07, 6.45) is -4.00. The number of hydrogen-bond donors (Lipinski definition) is 5. The molecule has 2 aliphatic heterocycles. The first-order chi connectivity index (χ1) is 19.8. The van der Waals surface area contributed by atoms with Crippen LogP contribution in [0, 0.1) is 0 Å². The van der Waals surface area contributed by atoms with E-state index in [1.807, 2.05) is 0 Å². The molecule has 5 atom stereocenters. The lowest BCUT2D eigenvalue weighted by molar-refractivity contribution is -0.120. The summed E-state index contributed by atoms with van der Waals surface area (Å²) in [5.41, 5.74) is 0.0956. The molecule has 0 radical (unpaired) electrons. The number of amides is 3. The van der Waals surface area contributed by atoms with Crippen molar-refractivity contribution in [3.05, 3.63) is 88.0 Å². The Morgan fingerprint density at radius 2 is 1.66 bits per heavy atom. The number of aromatic amines is 1. The summed E-state index contributed by atoms with van der Waals surface area (Å²) < 4.78 is 6.73. The van der Waals surface area contributed by atoms with Gasteiger partial charge in [0.1, 0.15) is 24.4 Å². The van der Waals surface area contributed by atoms with Crippen LogP contribution in [0.1, 0.15) is 32.5 Å². The molecule has 4 heterocycles. The maximum absolute atomic E-state index is 13.7. The summed E-state index contributed by atoms with van der Waals surface area (Å²) in [6, 6.07) is 13.8. The van der Waals surface area contributed by atoms with Gasteiger partial charge in [-0.1, -0.05) is 42.5 Å². The second-order valence-electron chi connectivity index (χ2n) is 9.69. The number of aromatic nitrogens is 4. The third kappa shape index (κ3) is 4.48. The van der Waals surface area contributed by atoms with E-state index in [0.29, 0.717) is 5.56 Å². The van der Waals surface area contributed by atoms with Crippen LogP contribution in [0.3, 0.4) is 0 Å².